The molecule has 0 fully saturated rings. The maximum Gasteiger partial charge on any atom is 0.264 e. The number of nitrogens with zero attached hydrogens (tertiary/aromatic N) is 1. The van der Waals surface area contributed by atoms with Crippen molar-refractivity contribution in [1.29, 1.82) is 0 Å². The average molecular weight is 252 g/mol. The molecule has 0 atom stereocenters. The zero-order valence-corrected chi connectivity index (χ0v) is 9.74. The van der Waals surface area contributed by atoms with Crippen LogP contribution >= 0.6 is 0 Å². The van der Waals surface area contributed by atoms with Crippen molar-refractivity contribution >= 4 is 16.0 Å². The summed E-state index contributed by atoms with van der Waals surface area (Å²) in [5.74, 6) is 0.178. The Labute approximate surface area is 98.9 Å². The van der Waals surface area contributed by atoms with Crippen molar-refractivity contribution in [3.63, 3.8) is 0 Å². The van der Waals surface area contributed by atoms with Gasteiger partial charge in [-0.15, -0.1) is 0 Å². The molecular formula is C10H12N4O2S. The molecule has 6 nitrogen and oxygen atoms in total. The molecule has 0 saturated carbocycles. The van der Waals surface area contributed by atoms with Crippen molar-refractivity contribution in [3.05, 3.63) is 42.2 Å². The van der Waals surface area contributed by atoms with Gasteiger partial charge in [-0.25, -0.2) is 18.1 Å². The van der Waals surface area contributed by atoms with Gasteiger partial charge in [-0.1, -0.05) is 18.2 Å². The molecule has 0 radical (unpaired) electrons. The quantitative estimate of drug-likeness (QED) is 0.744. The van der Waals surface area contributed by atoms with Gasteiger partial charge in [0.25, 0.3) is 10.0 Å². The molecule has 90 valence electrons. The number of sulfonamides is 1. The van der Waals surface area contributed by atoms with Crippen LogP contribution in [0.15, 0.2) is 41.6 Å². The molecular weight excluding hydrogens is 240 g/mol. The van der Waals surface area contributed by atoms with Gasteiger partial charge in [0.1, 0.15) is 0 Å². The summed E-state index contributed by atoms with van der Waals surface area (Å²) in [6, 6.07) is 6.58. The van der Waals surface area contributed by atoms with Crippen LogP contribution < -0.4 is 10.5 Å². The van der Waals surface area contributed by atoms with Crippen molar-refractivity contribution < 1.29 is 8.42 Å². The van der Waals surface area contributed by atoms with Crippen LogP contribution in [0.3, 0.4) is 0 Å². The van der Waals surface area contributed by atoms with Crippen molar-refractivity contribution in [1.82, 2.24) is 9.97 Å². The lowest BCUT2D eigenvalue weighted by Gasteiger charge is -2.09. The van der Waals surface area contributed by atoms with Gasteiger partial charge in [-0.3, -0.25) is 0 Å². The van der Waals surface area contributed by atoms with E-state index in [0.717, 1.165) is 0 Å². The molecule has 0 aliphatic heterocycles. The lowest BCUT2D eigenvalue weighted by molar-refractivity contribution is 0.599. The summed E-state index contributed by atoms with van der Waals surface area (Å²) in [7, 11) is -3.65. The first-order valence-electron chi connectivity index (χ1n) is 4.93. The maximum atomic E-state index is 12.1. The molecule has 17 heavy (non-hydrogen) atoms. The van der Waals surface area contributed by atoms with Gasteiger partial charge in [0.15, 0.2) is 0 Å². The molecule has 7 heteroatoms. The summed E-state index contributed by atoms with van der Waals surface area (Å²) >= 11 is 0. The summed E-state index contributed by atoms with van der Waals surface area (Å²) in [4.78, 5) is 6.64. The number of nitrogens with two attached hydrogens (primary N) is 1. The fraction of sp³-hybridized carbons (Fsp3) is 0.100. The third kappa shape index (κ3) is 2.45. The van der Waals surface area contributed by atoms with Crippen LogP contribution in [-0.2, 0) is 16.6 Å². The van der Waals surface area contributed by atoms with E-state index in [1.165, 1.54) is 18.5 Å². The first-order chi connectivity index (χ1) is 8.13. The Bertz CT molecular complexity index is 593. The molecule has 4 N–H and O–H groups in total. The molecule has 1 aromatic heterocycles. The van der Waals surface area contributed by atoms with Gasteiger partial charge >= 0.3 is 0 Å². The van der Waals surface area contributed by atoms with Crippen LogP contribution in [0.5, 0.6) is 0 Å². The fourth-order valence-corrected chi connectivity index (χ4v) is 2.67. The average Bonchev–Trinajstić information content (AvgIpc) is 2.81. The Kier molecular flexibility index (Phi) is 3.12. The normalized spacial score (nSPS) is 11.4. The van der Waals surface area contributed by atoms with E-state index in [4.69, 9.17) is 5.73 Å². The second kappa shape index (κ2) is 4.56. The summed E-state index contributed by atoms with van der Waals surface area (Å²) in [6.45, 7) is 0.162. The molecule has 0 amide bonds. The summed E-state index contributed by atoms with van der Waals surface area (Å²) in [5, 5.41) is 0. The summed E-state index contributed by atoms with van der Waals surface area (Å²) in [6.07, 6.45) is 3.00. The van der Waals surface area contributed by atoms with Crippen molar-refractivity contribution in [2.75, 3.05) is 4.72 Å². The van der Waals surface area contributed by atoms with Crippen LogP contribution in [-0.4, -0.2) is 18.4 Å². The molecule has 0 spiro atoms. The van der Waals surface area contributed by atoms with E-state index < -0.39 is 10.0 Å². The number of imidazole rings is 1. The van der Waals surface area contributed by atoms with Gasteiger partial charge in [0.2, 0.25) is 5.95 Å². The minimum Gasteiger partial charge on any atom is -0.330 e. The Morgan fingerprint density at radius 3 is 2.76 bits per heavy atom. The number of hydrogen-bond donors (Lipinski definition) is 3. The zero-order chi connectivity index (χ0) is 12.3. The van der Waals surface area contributed by atoms with Crippen LogP contribution in [0, 0.1) is 0 Å². The standard InChI is InChI=1S/C10H12N4O2S/c11-7-8-3-1-2-4-9(8)17(15,16)14-10-12-5-6-13-10/h1-6H,7,11H2,(H2,12,13,14). The highest BCUT2D eigenvalue weighted by Crippen LogP contribution is 2.17. The smallest absolute Gasteiger partial charge is 0.264 e. The molecule has 2 aromatic rings. The Morgan fingerprint density at radius 1 is 1.35 bits per heavy atom. The van der Waals surface area contributed by atoms with E-state index in [9.17, 15) is 8.42 Å². The fourth-order valence-electron chi connectivity index (χ4n) is 1.44. The van der Waals surface area contributed by atoms with E-state index in [1.807, 2.05) is 0 Å². The second-order valence-corrected chi connectivity index (χ2v) is 5.01. The second-order valence-electron chi connectivity index (χ2n) is 3.36. The number of nitrogens with one attached hydrogen (secondary N) is 2. The number of rotatable bonds is 4. The van der Waals surface area contributed by atoms with Gasteiger partial charge in [-0.05, 0) is 11.6 Å². The summed E-state index contributed by atoms with van der Waals surface area (Å²) < 4.78 is 26.4. The number of benzene rings is 1. The molecule has 0 saturated heterocycles. The number of aromatic amines is 1. The molecule has 0 aliphatic rings. The van der Waals surface area contributed by atoms with E-state index in [1.54, 1.807) is 18.2 Å². The van der Waals surface area contributed by atoms with Crippen LogP contribution in [0.1, 0.15) is 5.56 Å². The molecule has 1 aromatic carbocycles. The van der Waals surface area contributed by atoms with Gasteiger partial charge < -0.3 is 10.7 Å². The van der Waals surface area contributed by atoms with E-state index in [2.05, 4.69) is 14.7 Å². The van der Waals surface area contributed by atoms with Crippen molar-refractivity contribution in [2.24, 2.45) is 5.73 Å². The maximum absolute atomic E-state index is 12.1. The Morgan fingerprint density at radius 2 is 2.12 bits per heavy atom. The molecule has 2 rings (SSSR count). The molecule has 0 unspecified atom stereocenters. The highest BCUT2D eigenvalue weighted by Gasteiger charge is 2.18. The minimum absolute atomic E-state index is 0.162. The number of aromatic nitrogens is 2. The third-order valence-corrected chi connectivity index (χ3v) is 3.65. The van der Waals surface area contributed by atoms with Crippen LogP contribution in [0.4, 0.5) is 5.95 Å². The van der Waals surface area contributed by atoms with Crippen molar-refractivity contribution in [2.45, 2.75) is 11.4 Å². The Balaban J connectivity index is 2.38. The minimum atomic E-state index is -3.65. The summed E-state index contributed by atoms with van der Waals surface area (Å²) in [5.41, 5.74) is 6.07. The van der Waals surface area contributed by atoms with E-state index >= 15 is 0 Å². The molecule has 0 bridgehead atoms. The van der Waals surface area contributed by atoms with Gasteiger partial charge in [-0.2, -0.15) is 0 Å². The lowest BCUT2D eigenvalue weighted by atomic mass is 10.2. The van der Waals surface area contributed by atoms with Crippen LogP contribution in [0.2, 0.25) is 0 Å². The number of hydrogen-bond acceptors (Lipinski definition) is 4. The van der Waals surface area contributed by atoms with Gasteiger partial charge in [0, 0.05) is 18.9 Å². The third-order valence-electron chi connectivity index (χ3n) is 2.21. The molecule has 0 aliphatic carbocycles. The monoisotopic (exact) mass is 252 g/mol. The molecule has 1 heterocycles. The van der Waals surface area contributed by atoms with E-state index in [-0.39, 0.29) is 17.4 Å². The zero-order valence-electron chi connectivity index (χ0n) is 8.92. The first-order valence-corrected chi connectivity index (χ1v) is 6.42. The topological polar surface area (TPSA) is 101 Å². The largest absolute Gasteiger partial charge is 0.330 e. The highest BCUT2D eigenvalue weighted by molar-refractivity contribution is 7.92. The van der Waals surface area contributed by atoms with Crippen molar-refractivity contribution in [3.8, 4) is 0 Å². The predicted octanol–water partition coefficient (Wildman–Crippen LogP) is 0.669. The number of H-pyrrole nitrogens is 1. The van der Waals surface area contributed by atoms with Crippen LogP contribution in [0.25, 0.3) is 0 Å². The van der Waals surface area contributed by atoms with Gasteiger partial charge in [0.05, 0.1) is 4.90 Å². The number of anilines is 1. The lowest BCUT2D eigenvalue weighted by Crippen LogP contribution is -2.16. The predicted molar refractivity (Wildman–Crippen MR) is 63.7 cm³/mol. The van der Waals surface area contributed by atoms with E-state index in [0.29, 0.717) is 5.56 Å². The SMILES string of the molecule is NCc1ccccc1S(=O)(=O)Nc1ncc[nH]1. The highest BCUT2D eigenvalue weighted by atomic mass is 32.2. The first kappa shape index (κ1) is 11.6. The Hall–Kier alpha value is -1.86.